The van der Waals surface area contributed by atoms with Gasteiger partial charge in [-0.3, -0.25) is 14.4 Å². The Morgan fingerprint density at radius 3 is 2.38 bits per heavy atom. The summed E-state index contributed by atoms with van der Waals surface area (Å²) in [6, 6.07) is 19.0. The number of aromatic amines is 1. The molecule has 3 heterocycles. The van der Waals surface area contributed by atoms with E-state index in [1.807, 2.05) is 48.5 Å². The van der Waals surface area contributed by atoms with Crippen LogP contribution in [0.2, 0.25) is 0 Å². The van der Waals surface area contributed by atoms with Crippen molar-refractivity contribution in [2.45, 2.75) is 38.6 Å². The van der Waals surface area contributed by atoms with Crippen molar-refractivity contribution >= 4 is 42.4 Å². The Morgan fingerprint density at radius 2 is 1.73 bits per heavy atom. The Labute approximate surface area is 344 Å². The molecule has 0 unspecified atom stereocenters. The van der Waals surface area contributed by atoms with Gasteiger partial charge in [0.1, 0.15) is 25.8 Å². The van der Waals surface area contributed by atoms with Crippen molar-refractivity contribution in [3.63, 3.8) is 0 Å². The number of phosphoric acid groups is 1. The zero-order valence-corrected chi connectivity index (χ0v) is 34.1. The summed E-state index contributed by atoms with van der Waals surface area (Å²) in [6.07, 6.45) is 2.34. The van der Waals surface area contributed by atoms with Gasteiger partial charge in [0.2, 0.25) is 11.8 Å². The molecule has 17 heteroatoms. The van der Waals surface area contributed by atoms with Gasteiger partial charge >= 0.3 is 65.1 Å². The van der Waals surface area contributed by atoms with Crippen molar-refractivity contribution < 1.29 is 97.2 Å². The molecule has 1 aromatic heterocycles. The molecule has 2 atom stereocenters. The molecule has 4 amide bonds. The molecule has 0 bridgehead atoms. The first-order valence-corrected chi connectivity index (χ1v) is 17.4. The Morgan fingerprint density at radius 1 is 1.02 bits per heavy atom. The van der Waals surface area contributed by atoms with E-state index >= 15 is 0 Å². The fraction of sp³-hybridized carbons (Fsp3) is 0.257. The number of hydrazine groups is 1. The van der Waals surface area contributed by atoms with Crippen LogP contribution in [-0.4, -0.2) is 80.3 Å². The number of H-pyrrole nitrogens is 1. The summed E-state index contributed by atoms with van der Waals surface area (Å²) in [7, 11) is -5.28. The van der Waals surface area contributed by atoms with Gasteiger partial charge in [0.25, 0.3) is 0 Å². The van der Waals surface area contributed by atoms with Crippen LogP contribution >= 0.6 is 7.82 Å². The van der Waals surface area contributed by atoms with E-state index in [2.05, 4.69) is 21.4 Å². The number of rotatable bonds is 11. The van der Waals surface area contributed by atoms with Crippen molar-refractivity contribution in [3.8, 4) is 5.75 Å². The smallest absolute Gasteiger partial charge is 0.780 e. The molecule has 0 saturated carbocycles. The second-order valence-electron chi connectivity index (χ2n) is 12.1. The second kappa shape index (κ2) is 17.7. The first-order chi connectivity index (χ1) is 23.9. The van der Waals surface area contributed by atoms with Gasteiger partial charge in [-0.25, -0.2) is 14.8 Å². The Hall–Kier alpha value is -3.27. The number of hydrogen-bond donors (Lipinski definition) is 2. The number of urea groups is 1. The maximum atomic E-state index is 14.4. The summed E-state index contributed by atoms with van der Waals surface area (Å²) in [5.41, 5.74) is 3.39. The molecule has 2 saturated heterocycles. The van der Waals surface area contributed by atoms with E-state index in [0.29, 0.717) is 22.0 Å². The molecule has 2 aliphatic heterocycles. The van der Waals surface area contributed by atoms with E-state index < -0.39 is 26.1 Å². The van der Waals surface area contributed by atoms with Crippen molar-refractivity contribution in [1.29, 1.82) is 0 Å². The molecule has 2 N–H and O–H groups in total. The van der Waals surface area contributed by atoms with Crippen LogP contribution in [0.4, 0.5) is 4.79 Å². The van der Waals surface area contributed by atoms with Gasteiger partial charge in [0.15, 0.2) is 5.78 Å². The first kappa shape index (κ1) is 41.5. The number of carbonyl (C=O) groups excluding carboxylic acids is 4. The van der Waals surface area contributed by atoms with E-state index in [9.17, 15) is 33.5 Å². The van der Waals surface area contributed by atoms with Crippen molar-refractivity contribution in [3.05, 3.63) is 114 Å². The van der Waals surface area contributed by atoms with E-state index in [0.717, 1.165) is 11.1 Å². The number of amides is 4. The molecule has 6 rings (SSSR count). The molecular formula is C35H35N6Na2O8P. The molecule has 14 nitrogen and oxygen atoms in total. The maximum absolute atomic E-state index is 14.4. The van der Waals surface area contributed by atoms with E-state index in [-0.39, 0.29) is 122 Å². The normalized spacial score (nSPS) is 17.6. The number of para-hydroxylation sites is 1. The Bertz CT molecular complexity index is 1990. The van der Waals surface area contributed by atoms with Gasteiger partial charge in [-0.15, -0.1) is 6.58 Å². The van der Waals surface area contributed by atoms with Crippen LogP contribution in [0.3, 0.4) is 0 Å². The zero-order chi connectivity index (χ0) is 35.6. The number of fused-ring (bicyclic) bond motifs is 2. The number of aromatic nitrogens is 1. The monoisotopic (exact) mass is 744 g/mol. The largest absolute Gasteiger partial charge is 1.00 e. The SMILES string of the molecule is C=CCN1CC(=O)N2[C@@H](Cc3ccc(OP(=O)([O-])[O-])cc3)C(=O)N(Cc3cccc4c(C(C)=O)c[nH]c34)C[C@@H]2N1C(=O)NCc1ccccc1.[Na+].[Na+]. The number of Topliss-reactive ketones (excluding diaryl/α,β-unsaturated/α-hetero) is 1. The number of phosphoric ester groups is 1. The van der Waals surface area contributed by atoms with Crippen LogP contribution in [-0.2, 0) is 33.7 Å². The van der Waals surface area contributed by atoms with Crippen LogP contribution in [0.15, 0.2) is 91.6 Å². The minimum atomic E-state index is -5.28. The quantitative estimate of drug-likeness (QED) is 0.0677. The van der Waals surface area contributed by atoms with Crippen molar-refractivity contribution in [2.24, 2.45) is 0 Å². The van der Waals surface area contributed by atoms with Gasteiger partial charge < -0.3 is 39.0 Å². The van der Waals surface area contributed by atoms with Gasteiger partial charge in [-0.05, 0) is 35.7 Å². The molecule has 0 aliphatic carbocycles. The number of nitrogens with one attached hydrogen (secondary N) is 2. The standard InChI is InChI=1S/C35H37N6O8P.2Na/c1-3-16-39-22-32(43)40-30(17-24-12-14-27(15-13-24)49-50(46,47)48)34(44)38(20-26-10-7-11-28-29(23(2)42)19-36-33(26)28)21-31(40)41(39)35(45)37-18-25-8-5-4-6-9-25;;/h3-15,19,30-31,36H,1,16-18,20-22H2,2H3,(H,37,45)(H2,46,47,48);;/q;2*+1/p-2/t30-,31-;;/m0../s1. The second-order valence-corrected chi connectivity index (χ2v) is 13.2. The summed E-state index contributed by atoms with van der Waals surface area (Å²) < 4.78 is 15.6. The van der Waals surface area contributed by atoms with Gasteiger partial charge in [0, 0.05) is 43.2 Å². The molecule has 3 aromatic carbocycles. The van der Waals surface area contributed by atoms with Crippen LogP contribution in [0.25, 0.3) is 10.9 Å². The number of nitrogens with zero attached hydrogens (tertiary/aromatic N) is 4. The molecule has 0 spiro atoms. The molecule has 52 heavy (non-hydrogen) atoms. The third-order valence-corrected chi connectivity index (χ3v) is 9.21. The third kappa shape index (κ3) is 9.26. The molecule has 0 radical (unpaired) electrons. The fourth-order valence-corrected chi connectivity index (χ4v) is 6.96. The summed E-state index contributed by atoms with van der Waals surface area (Å²) in [5.74, 6) is -1.02. The number of ketones is 1. The average molecular weight is 745 g/mol. The van der Waals surface area contributed by atoms with Crippen LogP contribution < -0.4 is 78.7 Å². The Balaban J connectivity index is 0.00000302. The zero-order valence-electron chi connectivity index (χ0n) is 29.2. The number of hydrogen-bond acceptors (Lipinski definition) is 9. The van der Waals surface area contributed by atoms with Gasteiger partial charge in [0.05, 0.1) is 18.6 Å². The molecule has 260 valence electrons. The van der Waals surface area contributed by atoms with Crippen molar-refractivity contribution in [2.75, 3.05) is 19.6 Å². The minimum Gasteiger partial charge on any atom is -0.780 e. The van der Waals surface area contributed by atoms with Gasteiger partial charge in [-0.1, -0.05) is 66.7 Å². The fourth-order valence-electron chi connectivity index (χ4n) is 6.58. The Kier molecular flexibility index (Phi) is 14.1. The molecule has 4 aromatic rings. The maximum Gasteiger partial charge on any atom is 1.00 e. The molecular weight excluding hydrogens is 709 g/mol. The molecule has 2 fully saturated rings. The van der Waals surface area contributed by atoms with Gasteiger partial charge in [-0.2, -0.15) is 0 Å². The van der Waals surface area contributed by atoms with Crippen molar-refractivity contribution in [1.82, 2.24) is 30.1 Å². The predicted molar refractivity (Wildman–Crippen MR) is 179 cm³/mol. The van der Waals surface area contributed by atoms with Crippen LogP contribution in [0.5, 0.6) is 5.75 Å². The van der Waals surface area contributed by atoms with E-state index in [1.165, 1.54) is 41.1 Å². The van der Waals surface area contributed by atoms with E-state index in [1.54, 1.807) is 22.2 Å². The summed E-state index contributed by atoms with van der Waals surface area (Å²) in [5, 5.41) is 6.74. The summed E-state index contributed by atoms with van der Waals surface area (Å²) in [4.78, 5) is 83.0. The minimum absolute atomic E-state index is 0. The average Bonchev–Trinajstić information content (AvgIpc) is 3.52. The predicted octanol–water partition coefficient (Wildman–Crippen LogP) is -3.68. The summed E-state index contributed by atoms with van der Waals surface area (Å²) in [6.45, 7) is 5.62. The molecule has 2 aliphatic rings. The summed E-state index contributed by atoms with van der Waals surface area (Å²) >= 11 is 0. The third-order valence-electron chi connectivity index (χ3n) is 8.78. The van der Waals surface area contributed by atoms with E-state index in [4.69, 9.17) is 0 Å². The van der Waals surface area contributed by atoms with Crippen LogP contribution in [0.1, 0.15) is 34.0 Å². The number of piperazine rings is 1. The number of benzene rings is 3. The topological polar surface area (TPSA) is 181 Å². The number of carbonyl (C=O) groups is 4. The van der Waals surface area contributed by atoms with Crippen LogP contribution in [0, 0.1) is 0 Å². The first-order valence-electron chi connectivity index (χ1n) is 15.9.